The first-order valence-corrected chi connectivity index (χ1v) is 11.8. The van der Waals surface area contributed by atoms with Crippen molar-refractivity contribution in [3.05, 3.63) is 89.5 Å². The number of benzene rings is 1. The van der Waals surface area contributed by atoms with Crippen LogP contribution in [-0.2, 0) is 24.3 Å². The van der Waals surface area contributed by atoms with Gasteiger partial charge in [-0.05, 0) is 43.4 Å². The van der Waals surface area contributed by atoms with Gasteiger partial charge in [0.1, 0.15) is 17.5 Å². The molecule has 10 nitrogen and oxygen atoms in total. The number of hydrogen-bond acceptors (Lipinski definition) is 6. The molecule has 0 radical (unpaired) electrons. The molecule has 10 heteroatoms. The van der Waals surface area contributed by atoms with Crippen LogP contribution in [0, 0.1) is 25.2 Å². The number of H-pyrrole nitrogens is 2. The number of aromatic amines is 2. The third-order valence-corrected chi connectivity index (χ3v) is 6.21. The lowest BCUT2D eigenvalue weighted by molar-refractivity contribution is -0.118. The number of nitrogens with zero attached hydrogens (tertiary/aromatic N) is 3. The van der Waals surface area contributed by atoms with Crippen LogP contribution in [0.2, 0.25) is 0 Å². The number of rotatable bonds is 9. The van der Waals surface area contributed by atoms with Crippen LogP contribution < -0.4 is 27.4 Å². The lowest BCUT2D eigenvalue weighted by Crippen LogP contribution is -2.41. The van der Waals surface area contributed by atoms with Crippen LogP contribution in [0.25, 0.3) is 0 Å². The van der Waals surface area contributed by atoms with Gasteiger partial charge in [-0.1, -0.05) is 43.7 Å². The van der Waals surface area contributed by atoms with Crippen molar-refractivity contribution in [1.29, 1.82) is 5.26 Å². The van der Waals surface area contributed by atoms with Crippen LogP contribution in [0.3, 0.4) is 0 Å². The molecule has 0 aliphatic carbocycles. The fourth-order valence-electron chi connectivity index (χ4n) is 4.22. The van der Waals surface area contributed by atoms with Crippen molar-refractivity contribution in [2.75, 3.05) is 10.6 Å². The first-order valence-electron chi connectivity index (χ1n) is 11.8. The zero-order valence-electron chi connectivity index (χ0n) is 20.7. The number of nitriles is 1. The van der Waals surface area contributed by atoms with Crippen molar-refractivity contribution >= 4 is 17.4 Å². The minimum Gasteiger partial charge on any atom is -0.383 e. The topological polar surface area (TPSA) is 158 Å². The van der Waals surface area contributed by atoms with E-state index in [0.717, 1.165) is 12.0 Å². The zero-order chi connectivity index (χ0) is 26.4. The summed E-state index contributed by atoms with van der Waals surface area (Å²) in [5, 5.41) is 9.34. The standard InChI is InChI=1S/C26H30N6O4/c1-4-5-13-31-23(28)22(25(35)30-26(31)36)32(15-18-9-7-6-8-10-18)21(33)12-11-19-16(2)20(14-27)24(34)29-17(19)3/h6-10H,4-5,11-13,15,28H2,1-3H3,(H,29,34)(H,30,35,36). The first-order chi connectivity index (χ1) is 17.2. The minimum atomic E-state index is -0.738. The Morgan fingerprint density at radius 3 is 2.44 bits per heavy atom. The van der Waals surface area contributed by atoms with Crippen molar-refractivity contribution in [3.8, 4) is 6.07 Å². The molecule has 0 fully saturated rings. The maximum absolute atomic E-state index is 13.6. The molecule has 3 rings (SSSR count). The molecule has 3 aromatic rings. The number of pyridine rings is 1. The highest BCUT2D eigenvalue weighted by Gasteiger charge is 2.25. The Balaban J connectivity index is 2.04. The van der Waals surface area contributed by atoms with Crippen LogP contribution in [-0.4, -0.2) is 20.4 Å². The summed E-state index contributed by atoms with van der Waals surface area (Å²) in [6.45, 7) is 5.74. The molecule has 0 spiro atoms. The Kier molecular flexibility index (Phi) is 8.27. The van der Waals surface area contributed by atoms with E-state index in [1.54, 1.807) is 13.8 Å². The van der Waals surface area contributed by atoms with Crippen molar-refractivity contribution in [1.82, 2.24) is 14.5 Å². The summed E-state index contributed by atoms with van der Waals surface area (Å²) in [6, 6.07) is 11.1. The van der Waals surface area contributed by atoms with Crippen LogP contribution in [0.4, 0.5) is 11.5 Å². The van der Waals surface area contributed by atoms with Gasteiger partial charge in [0.25, 0.3) is 11.1 Å². The van der Waals surface area contributed by atoms with Crippen LogP contribution in [0.1, 0.15) is 54.1 Å². The molecule has 1 aromatic carbocycles. The van der Waals surface area contributed by atoms with Crippen molar-refractivity contribution < 1.29 is 4.79 Å². The largest absolute Gasteiger partial charge is 0.383 e. The summed E-state index contributed by atoms with van der Waals surface area (Å²) in [5.74, 6) is -0.454. The normalized spacial score (nSPS) is 10.7. The quantitative estimate of drug-likeness (QED) is 0.417. The summed E-state index contributed by atoms with van der Waals surface area (Å²) in [6.07, 6.45) is 1.71. The molecule has 0 atom stereocenters. The first kappa shape index (κ1) is 26.2. The molecule has 0 saturated carbocycles. The van der Waals surface area contributed by atoms with Gasteiger partial charge in [0.2, 0.25) is 5.91 Å². The monoisotopic (exact) mass is 490 g/mol. The second-order valence-corrected chi connectivity index (χ2v) is 8.63. The summed E-state index contributed by atoms with van der Waals surface area (Å²) in [5.41, 5.74) is 6.96. The Morgan fingerprint density at radius 1 is 1.11 bits per heavy atom. The SMILES string of the molecule is CCCCn1c(N)c(N(Cc2ccccc2)C(=O)CCc2c(C)[nH]c(=O)c(C#N)c2C)c(=O)[nH]c1=O. The van der Waals surface area contributed by atoms with E-state index in [2.05, 4.69) is 9.97 Å². The number of anilines is 2. The fourth-order valence-corrected chi connectivity index (χ4v) is 4.22. The second kappa shape index (κ2) is 11.4. The Hall–Kier alpha value is -4.39. The third-order valence-electron chi connectivity index (χ3n) is 6.21. The third kappa shape index (κ3) is 5.46. The molecule has 0 saturated heterocycles. The van der Waals surface area contributed by atoms with Crippen LogP contribution >= 0.6 is 0 Å². The highest BCUT2D eigenvalue weighted by atomic mass is 16.2. The highest BCUT2D eigenvalue weighted by Crippen LogP contribution is 2.22. The lowest BCUT2D eigenvalue weighted by Gasteiger charge is -2.25. The Bertz CT molecular complexity index is 1480. The molecule has 4 N–H and O–H groups in total. The van der Waals surface area contributed by atoms with Gasteiger partial charge in [-0.15, -0.1) is 0 Å². The van der Waals surface area contributed by atoms with E-state index in [1.807, 2.05) is 43.3 Å². The summed E-state index contributed by atoms with van der Waals surface area (Å²) < 4.78 is 1.28. The number of nitrogen functional groups attached to an aromatic ring is 1. The summed E-state index contributed by atoms with van der Waals surface area (Å²) >= 11 is 0. The number of unbranched alkanes of at least 4 members (excludes halogenated alkanes) is 1. The molecule has 188 valence electrons. The van der Waals surface area contributed by atoms with E-state index in [4.69, 9.17) is 5.73 Å². The molecule has 0 unspecified atom stereocenters. The molecule has 1 amide bonds. The average molecular weight is 491 g/mol. The van der Waals surface area contributed by atoms with Crippen LogP contribution in [0.5, 0.6) is 0 Å². The second-order valence-electron chi connectivity index (χ2n) is 8.63. The number of hydrogen-bond donors (Lipinski definition) is 3. The smallest absolute Gasteiger partial charge is 0.330 e. The van der Waals surface area contributed by atoms with E-state index < -0.39 is 16.8 Å². The van der Waals surface area contributed by atoms with E-state index in [9.17, 15) is 24.4 Å². The van der Waals surface area contributed by atoms with Gasteiger partial charge < -0.3 is 15.6 Å². The molecule has 36 heavy (non-hydrogen) atoms. The number of nitrogens with one attached hydrogen (secondary N) is 2. The molecule has 2 aromatic heterocycles. The molecule has 2 heterocycles. The van der Waals surface area contributed by atoms with Gasteiger partial charge in [-0.3, -0.25) is 23.9 Å². The number of nitrogens with two attached hydrogens (primary N) is 1. The molecular weight excluding hydrogens is 460 g/mol. The van der Waals surface area contributed by atoms with Crippen molar-refractivity contribution in [2.24, 2.45) is 0 Å². The van der Waals surface area contributed by atoms with E-state index in [-0.39, 0.29) is 42.4 Å². The van der Waals surface area contributed by atoms with Gasteiger partial charge in [0.05, 0.1) is 6.54 Å². The fraction of sp³-hybridized carbons (Fsp3) is 0.346. The lowest BCUT2D eigenvalue weighted by atomic mass is 9.98. The molecular formula is C26H30N6O4. The predicted octanol–water partition coefficient (Wildman–Crippen LogP) is 2.26. The summed E-state index contributed by atoms with van der Waals surface area (Å²) in [4.78, 5) is 57.2. The van der Waals surface area contributed by atoms with Gasteiger partial charge >= 0.3 is 5.69 Å². The molecule has 0 bridgehead atoms. The van der Waals surface area contributed by atoms with E-state index in [0.29, 0.717) is 29.8 Å². The van der Waals surface area contributed by atoms with Gasteiger partial charge in [-0.25, -0.2) is 4.79 Å². The van der Waals surface area contributed by atoms with Crippen molar-refractivity contribution in [3.63, 3.8) is 0 Å². The summed E-state index contributed by atoms with van der Waals surface area (Å²) in [7, 11) is 0. The highest BCUT2D eigenvalue weighted by molar-refractivity contribution is 5.95. The van der Waals surface area contributed by atoms with E-state index in [1.165, 1.54) is 9.47 Å². The predicted molar refractivity (Wildman–Crippen MR) is 138 cm³/mol. The van der Waals surface area contributed by atoms with Gasteiger partial charge in [0, 0.05) is 18.7 Å². The molecule has 0 aliphatic heterocycles. The van der Waals surface area contributed by atoms with Gasteiger partial charge in [0.15, 0.2) is 5.69 Å². The maximum atomic E-state index is 13.6. The maximum Gasteiger partial charge on any atom is 0.330 e. The number of aryl methyl sites for hydroxylation is 1. The average Bonchev–Trinajstić information content (AvgIpc) is 2.83. The van der Waals surface area contributed by atoms with Crippen molar-refractivity contribution in [2.45, 2.75) is 59.5 Å². The van der Waals surface area contributed by atoms with Gasteiger partial charge in [-0.2, -0.15) is 5.26 Å². The minimum absolute atomic E-state index is 0.00730. The number of amides is 1. The molecule has 0 aliphatic rings. The Morgan fingerprint density at radius 2 is 1.81 bits per heavy atom. The zero-order valence-corrected chi connectivity index (χ0v) is 20.7. The number of carbonyl (C=O) groups excluding carboxylic acids is 1. The van der Waals surface area contributed by atoms with E-state index >= 15 is 0 Å². The van der Waals surface area contributed by atoms with Crippen LogP contribution in [0.15, 0.2) is 44.7 Å². The Labute approximate surface area is 208 Å². The number of aromatic nitrogens is 3. The number of carbonyl (C=O) groups is 1.